The molecule has 0 spiro atoms. The summed E-state index contributed by atoms with van der Waals surface area (Å²) in [5, 5.41) is 0. The van der Waals surface area contributed by atoms with E-state index >= 15 is 0 Å². The Morgan fingerprint density at radius 1 is 0.867 bits per heavy atom. The summed E-state index contributed by atoms with van der Waals surface area (Å²) in [6.07, 6.45) is 0. The Morgan fingerprint density at radius 2 is 1.53 bits per heavy atom. The first-order valence-corrected chi connectivity index (χ1v) is 11.4. The number of nitrogens with zero attached hydrogens (tertiary/aromatic N) is 1. The first-order valence-electron chi connectivity index (χ1n) is 10.4. The van der Waals surface area contributed by atoms with Gasteiger partial charge >= 0.3 is 0 Å². The Bertz CT molecular complexity index is 917. The average molecular weight is 424 g/mol. The van der Waals surface area contributed by atoms with Gasteiger partial charge < -0.3 is 4.74 Å². The molecule has 0 fully saturated rings. The number of carbonyl (C=O) groups excluding carboxylic acids is 2. The van der Waals surface area contributed by atoms with E-state index in [9.17, 15) is 9.59 Å². The van der Waals surface area contributed by atoms with Gasteiger partial charge in [0, 0.05) is 12.3 Å². The van der Waals surface area contributed by atoms with Crippen molar-refractivity contribution in [1.82, 2.24) is 4.90 Å². The predicted molar refractivity (Wildman–Crippen MR) is 123 cm³/mol. The number of rotatable bonds is 9. The number of ether oxygens (including phenoxy) is 1. The van der Waals surface area contributed by atoms with E-state index in [0.717, 1.165) is 16.9 Å². The molecule has 2 aromatic carbocycles. The highest BCUT2D eigenvalue weighted by molar-refractivity contribution is 8.03. The van der Waals surface area contributed by atoms with E-state index in [-0.39, 0.29) is 17.7 Å². The molecule has 2 aromatic rings. The first-order chi connectivity index (χ1) is 14.4. The van der Waals surface area contributed by atoms with Crippen LogP contribution in [0.5, 0.6) is 5.75 Å². The van der Waals surface area contributed by atoms with E-state index in [1.165, 1.54) is 16.7 Å². The second-order valence-electron chi connectivity index (χ2n) is 8.32. The fourth-order valence-electron chi connectivity index (χ4n) is 3.18. The zero-order valence-electron chi connectivity index (χ0n) is 18.1. The van der Waals surface area contributed by atoms with Crippen molar-refractivity contribution in [3.63, 3.8) is 0 Å². The molecule has 1 heterocycles. The van der Waals surface area contributed by atoms with Crippen molar-refractivity contribution >= 4 is 29.1 Å². The summed E-state index contributed by atoms with van der Waals surface area (Å²) < 4.78 is 5.76. The minimum atomic E-state index is -0.208. The maximum atomic E-state index is 13.2. The molecule has 3 rings (SSSR count). The smallest absolute Gasteiger partial charge is 0.268 e. The van der Waals surface area contributed by atoms with Crippen LogP contribution in [0, 0.1) is 11.8 Å². The highest BCUT2D eigenvalue weighted by Gasteiger charge is 2.39. The standard InChI is InChI=1S/C25H29NO3S/c1-17(2)14-26-24(27)22(20-10-12-21(13-11-20)29-15-18(3)4)23(25(26)28)30-16-19-8-6-5-7-9-19/h5-13,17-18H,14-16H2,1-4H3. The Kier molecular flexibility index (Phi) is 7.38. The van der Waals surface area contributed by atoms with E-state index in [1.54, 1.807) is 0 Å². The summed E-state index contributed by atoms with van der Waals surface area (Å²) in [7, 11) is 0. The van der Waals surface area contributed by atoms with Gasteiger partial charge in [-0.2, -0.15) is 0 Å². The molecule has 0 unspecified atom stereocenters. The summed E-state index contributed by atoms with van der Waals surface area (Å²) in [4.78, 5) is 28.2. The second kappa shape index (κ2) is 9.98. The van der Waals surface area contributed by atoms with E-state index < -0.39 is 0 Å². The van der Waals surface area contributed by atoms with Crippen LogP contribution in [0.2, 0.25) is 0 Å². The van der Waals surface area contributed by atoms with Crippen LogP contribution in [0.15, 0.2) is 59.5 Å². The summed E-state index contributed by atoms with van der Waals surface area (Å²) in [5.74, 6) is 1.66. The fourth-order valence-corrected chi connectivity index (χ4v) is 4.27. The number of amides is 2. The van der Waals surface area contributed by atoms with Crippen LogP contribution < -0.4 is 4.74 Å². The van der Waals surface area contributed by atoms with Gasteiger partial charge in [0.2, 0.25) is 0 Å². The van der Waals surface area contributed by atoms with E-state index in [0.29, 0.717) is 35.3 Å². The number of imide groups is 1. The molecule has 0 aromatic heterocycles. The van der Waals surface area contributed by atoms with Crippen molar-refractivity contribution < 1.29 is 14.3 Å². The van der Waals surface area contributed by atoms with E-state index in [4.69, 9.17) is 4.74 Å². The molecule has 4 nitrogen and oxygen atoms in total. The van der Waals surface area contributed by atoms with Crippen molar-refractivity contribution in [2.45, 2.75) is 33.4 Å². The minimum absolute atomic E-state index is 0.190. The molecule has 1 aliphatic rings. The van der Waals surface area contributed by atoms with Gasteiger partial charge in [-0.15, -0.1) is 11.8 Å². The molecule has 0 bridgehead atoms. The number of benzene rings is 2. The summed E-state index contributed by atoms with van der Waals surface area (Å²) in [6, 6.07) is 17.5. The third kappa shape index (κ3) is 5.33. The molecular weight excluding hydrogens is 394 g/mol. The number of hydrogen-bond donors (Lipinski definition) is 0. The molecule has 0 atom stereocenters. The molecule has 2 amide bonds. The maximum Gasteiger partial charge on any atom is 0.268 e. The molecule has 0 saturated carbocycles. The normalized spacial score (nSPS) is 14.4. The van der Waals surface area contributed by atoms with Gasteiger partial charge in [-0.3, -0.25) is 14.5 Å². The van der Waals surface area contributed by atoms with Gasteiger partial charge in [-0.25, -0.2) is 0 Å². The van der Waals surface area contributed by atoms with Crippen LogP contribution in [-0.4, -0.2) is 29.9 Å². The van der Waals surface area contributed by atoms with Crippen LogP contribution in [0.4, 0.5) is 0 Å². The monoisotopic (exact) mass is 423 g/mol. The maximum absolute atomic E-state index is 13.2. The zero-order chi connectivity index (χ0) is 21.7. The van der Waals surface area contributed by atoms with Gasteiger partial charge in [0.25, 0.3) is 11.8 Å². The molecular formula is C25H29NO3S. The van der Waals surface area contributed by atoms with Crippen LogP contribution >= 0.6 is 11.8 Å². The van der Waals surface area contributed by atoms with E-state index in [1.807, 2.05) is 68.4 Å². The Balaban J connectivity index is 1.89. The van der Waals surface area contributed by atoms with Gasteiger partial charge in [0.05, 0.1) is 17.1 Å². The largest absolute Gasteiger partial charge is 0.493 e. The number of hydrogen-bond acceptors (Lipinski definition) is 4. The molecule has 0 radical (unpaired) electrons. The third-order valence-corrected chi connectivity index (χ3v) is 5.77. The number of carbonyl (C=O) groups is 2. The molecule has 0 aliphatic carbocycles. The Labute approximate surface area is 183 Å². The summed E-state index contributed by atoms with van der Waals surface area (Å²) in [6.45, 7) is 9.28. The fraction of sp³-hybridized carbons (Fsp3) is 0.360. The third-order valence-electron chi connectivity index (χ3n) is 4.63. The van der Waals surface area contributed by atoms with Gasteiger partial charge in [-0.1, -0.05) is 70.2 Å². The highest BCUT2D eigenvalue weighted by Crippen LogP contribution is 2.38. The van der Waals surface area contributed by atoms with Crippen LogP contribution in [0.1, 0.15) is 38.8 Å². The average Bonchev–Trinajstić information content (AvgIpc) is 2.95. The van der Waals surface area contributed by atoms with Gasteiger partial charge in [-0.05, 0) is 35.1 Å². The minimum Gasteiger partial charge on any atom is -0.493 e. The van der Waals surface area contributed by atoms with Crippen LogP contribution in [-0.2, 0) is 15.3 Å². The van der Waals surface area contributed by atoms with Crippen molar-refractivity contribution in [2.75, 3.05) is 13.2 Å². The van der Waals surface area contributed by atoms with Gasteiger partial charge in [0.15, 0.2) is 0 Å². The summed E-state index contributed by atoms with van der Waals surface area (Å²) >= 11 is 1.44. The van der Waals surface area contributed by atoms with Crippen molar-refractivity contribution in [2.24, 2.45) is 11.8 Å². The highest BCUT2D eigenvalue weighted by atomic mass is 32.2. The van der Waals surface area contributed by atoms with Crippen molar-refractivity contribution in [3.05, 3.63) is 70.6 Å². The summed E-state index contributed by atoms with van der Waals surface area (Å²) in [5.41, 5.74) is 2.37. The number of thioether (sulfide) groups is 1. The molecule has 0 saturated heterocycles. The topological polar surface area (TPSA) is 46.6 Å². The SMILES string of the molecule is CC(C)COc1ccc(C2=C(SCc3ccccc3)C(=O)N(CC(C)C)C2=O)cc1. The van der Waals surface area contributed by atoms with Crippen molar-refractivity contribution in [3.8, 4) is 5.75 Å². The molecule has 1 aliphatic heterocycles. The second-order valence-corrected chi connectivity index (χ2v) is 9.31. The van der Waals surface area contributed by atoms with Gasteiger partial charge in [0.1, 0.15) is 5.75 Å². The lowest BCUT2D eigenvalue weighted by molar-refractivity contribution is -0.137. The molecule has 158 valence electrons. The van der Waals surface area contributed by atoms with E-state index in [2.05, 4.69) is 13.8 Å². The predicted octanol–water partition coefficient (Wildman–Crippen LogP) is 5.39. The van der Waals surface area contributed by atoms with Crippen molar-refractivity contribution in [1.29, 1.82) is 0 Å². The lowest BCUT2D eigenvalue weighted by Crippen LogP contribution is -2.34. The lowest BCUT2D eigenvalue weighted by Gasteiger charge is -2.17. The van der Waals surface area contributed by atoms with Crippen LogP contribution in [0.3, 0.4) is 0 Å². The Hall–Kier alpha value is -2.53. The van der Waals surface area contributed by atoms with Crippen LogP contribution in [0.25, 0.3) is 5.57 Å². The Morgan fingerprint density at radius 3 is 2.13 bits per heavy atom. The zero-order valence-corrected chi connectivity index (χ0v) is 18.9. The molecule has 5 heteroatoms. The lowest BCUT2D eigenvalue weighted by atomic mass is 10.1. The molecule has 30 heavy (non-hydrogen) atoms. The first kappa shape index (κ1) is 22.2. The quantitative estimate of drug-likeness (QED) is 0.507. The molecule has 0 N–H and O–H groups in total.